The van der Waals surface area contributed by atoms with Crippen LogP contribution < -0.4 is 10.9 Å². The Hall–Kier alpha value is -1.40. The topological polar surface area (TPSA) is 87.2 Å². The zero-order valence-corrected chi connectivity index (χ0v) is 10.4. The van der Waals surface area contributed by atoms with Gasteiger partial charge in [0.05, 0.1) is 5.60 Å². The molecule has 6 nitrogen and oxygen atoms in total. The van der Waals surface area contributed by atoms with Gasteiger partial charge in [0, 0.05) is 32.7 Å². The van der Waals surface area contributed by atoms with Crippen molar-refractivity contribution in [2.75, 3.05) is 25.6 Å². The van der Waals surface area contributed by atoms with Gasteiger partial charge in [0.25, 0.3) is 5.56 Å². The number of aliphatic hydroxyl groups is 1. The first-order chi connectivity index (χ1) is 7.93. The van der Waals surface area contributed by atoms with Crippen LogP contribution in [0.3, 0.4) is 0 Å². The zero-order valence-electron chi connectivity index (χ0n) is 10.4. The van der Waals surface area contributed by atoms with E-state index in [1.165, 1.54) is 6.07 Å². The molecular formula is C11H19N3O3. The highest BCUT2D eigenvalue weighted by Crippen LogP contribution is 2.10. The highest BCUT2D eigenvalue weighted by molar-refractivity contribution is 5.33. The molecule has 0 aliphatic carbocycles. The molecule has 0 amide bonds. The van der Waals surface area contributed by atoms with Gasteiger partial charge in [-0.2, -0.15) is 0 Å². The monoisotopic (exact) mass is 241 g/mol. The molecule has 0 saturated heterocycles. The molecule has 1 heterocycles. The Balaban J connectivity index is 2.57. The smallest absolute Gasteiger partial charge is 0.252 e. The third-order valence-corrected chi connectivity index (χ3v) is 2.36. The first-order valence-electron chi connectivity index (χ1n) is 5.46. The van der Waals surface area contributed by atoms with Crippen LogP contribution >= 0.6 is 0 Å². The summed E-state index contributed by atoms with van der Waals surface area (Å²) >= 11 is 0. The maximum Gasteiger partial charge on any atom is 0.252 e. The Morgan fingerprint density at radius 2 is 2.35 bits per heavy atom. The second kappa shape index (κ2) is 5.79. The van der Waals surface area contributed by atoms with Crippen molar-refractivity contribution in [3.05, 3.63) is 22.2 Å². The number of ether oxygens (including phenoxy) is 1. The molecule has 0 saturated carbocycles. The third kappa shape index (κ3) is 4.97. The third-order valence-electron chi connectivity index (χ3n) is 2.36. The van der Waals surface area contributed by atoms with Crippen molar-refractivity contribution in [1.29, 1.82) is 0 Å². The van der Waals surface area contributed by atoms with Gasteiger partial charge in [0.1, 0.15) is 11.6 Å². The van der Waals surface area contributed by atoms with E-state index in [4.69, 9.17) is 4.74 Å². The van der Waals surface area contributed by atoms with Crippen molar-refractivity contribution in [1.82, 2.24) is 9.97 Å². The molecule has 17 heavy (non-hydrogen) atoms. The standard InChI is InChI=1S/C11H19N3O3/c1-8-13-9(6-10(15)14-8)12-7-11(2,16)4-5-17-3/h6,16H,4-5,7H2,1-3H3,(H2,12,13,14,15). The molecule has 1 unspecified atom stereocenters. The summed E-state index contributed by atoms with van der Waals surface area (Å²) in [5, 5.41) is 12.9. The van der Waals surface area contributed by atoms with Gasteiger partial charge in [-0.05, 0) is 13.8 Å². The summed E-state index contributed by atoms with van der Waals surface area (Å²) in [7, 11) is 1.59. The van der Waals surface area contributed by atoms with E-state index in [2.05, 4.69) is 15.3 Å². The molecule has 1 aromatic rings. The molecule has 1 atom stereocenters. The number of nitrogens with zero attached hydrogens (tertiary/aromatic N) is 1. The molecule has 0 fully saturated rings. The molecule has 0 spiro atoms. The fourth-order valence-electron chi connectivity index (χ4n) is 1.36. The SMILES string of the molecule is COCCC(C)(O)CNc1cc(=O)[nH]c(C)n1. The van der Waals surface area contributed by atoms with Gasteiger partial charge in [0.15, 0.2) is 0 Å². The van der Waals surface area contributed by atoms with E-state index in [0.29, 0.717) is 31.2 Å². The van der Waals surface area contributed by atoms with Crippen molar-refractivity contribution in [2.45, 2.75) is 25.9 Å². The van der Waals surface area contributed by atoms with E-state index < -0.39 is 5.60 Å². The van der Waals surface area contributed by atoms with Crippen LogP contribution in [0.2, 0.25) is 0 Å². The quantitative estimate of drug-likeness (QED) is 0.666. The number of aryl methyl sites for hydroxylation is 1. The van der Waals surface area contributed by atoms with E-state index in [1.54, 1.807) is 21.0 Å². The minimum absolute atomic E-state index is 0.212. The number of methoxy groups -OCH3 is 1. The highest BCUT2D eigenvalue weighted by atomic mass is 16.5. The second-order valence-corrected chi connectivity index (χ2v) is 4.31. The molecule has 0 radical (unpaired) electrons. The number of hydrogen-bond acceptors (Lipinski definition) is 5. The number of hydrogen-bond donors (Lipinski definition) is 3. The van der Waals surface area contributed by atoms with Crippen LogP contribution in [-0.4, -0.2) is 40.9 Å². The molecule has 0 aliphatic rings. The molecule has 1 rings (SSSR count). The van der Waals surface area contributed by atoms with Gasteiger partial charge in [-0.3, -0.25) is 4.79 Å². The average molecular weight is 241 g/mol. The normalized spacial score (nSPS) is 14.4. The van der Waals surface area contributed by atoms with Gasteiger partial charge in [0.2, 0.25) is 0 Å². The fourth-order valence-corrected chi connectivity index (χ4v) is 1.36. The van der Waals surface area contributed by atoms with Crippen LogP contribution in [0, 0.1) is 6.92 Å². The van der Waals surface area contributed by atoms with Crippen LogP contribution in [-0.2, 0) is 4.74 Å². The van der Waals surface area contributed by atoms with Gasteiger partial charge in [-0.25, -0.2) is 4.98 Å². The van der Waals surface area contributed by atoms with Crippen LogP contribution in [0.1, 0.15) is 19.2 Å². The molecule has 0 aliphatic heterocycles. The van der Waals surface area contributed by atoms with Gasteiger partial charge in [-0.1, -0.05) is 0 Å². The molecule has 0 aromatic carbocycles. The van der Waals surface area contributed by atoms with E-state index >= 15 is 0 Å². The summed E-state index contributed by atoms with van der Waals surface area (Å²) in [5.41, 5.74) is -1.11. The number of H-pyrrole nitrogens is 1. The average Bonchev–Trinajstić information content (AvgIpc) is 2.23. The minimum Gasteiger partial charge on any atom is -0.388 e. The Morgan fingerprint density at radius 1 is 1.65 bits per heavy atom. The lowest BCUT2D eigenvalue weighted by atomic mass is 10.0. The molecule has 0 bridgehead atoms. The second-order valence-electron chi connectivity index (χ2n) is 4.31. The fraction of sp³-hybridized carbons (Fsp3) is 0.636. The molecule has 96 valence electrons. The molecule has 3 N–H and O–H groups in total. The lowest BCUT2D eigenvalue weighted by Crippen LogP contribution is -2.35. The first-order valence-corrected chi connectivity index (χ1v) is 5.46. The molecule has 1 aromatic heterocycles. The van der Waals surface area contributed by atoms with E-state index in [1.807, 2.05) is 0 Å². The summed E-state index contributed by atoms with van der Waals surface area (Å²) in [5.74, 6) is 1.00. The largest absolute Gasteiger partial charge is 0.388 e. The van der Waals surface area contributed by atoms with Crippen LogP contribution in [0.15, 0.2) is 10.9 Å². The van der Waals surface area contributed by atoms with Crippen molar-refractivity contribution in [3.63, 3.8) is 0 Å². The maximum atomic E-state index is 11.2. The predicted molar refractivity (Wildman–Crippen MR) is 65.2 cm³/mol. The summed E-state index contributed by atoms with van der Waals surface area (Å²) in [6, 6.07) is 1.36. The van der Waals surface area contributed by atoms with Gasteiger partial charge < -0.3 is 20.1 Å². The predicted octanol–water partition coefficient (Wildman–Crippen LogP) is 0.278. The van der Waals surface area contributed by atoms with Gasteiger partial charge in [-0.15, -0.1) is 0 Å². The molecular weight excluding hydrogens is 222 g/mol. The molecule has 6 heteroatoms. The highest BCUT2D eigenvalue weighted by Gasteiger charge is 2.19. The van der Waals surface area contributed by atoms with Gasteiger partial charge >= 0.3 is 0 Å². The van der Waals surface area contributed by atoms with Crippen LogP contribution in [0.25, 0.3) is 0 Å². The lowest BCUT2D eigenvalue weighted by Gasteiger charge is -2.23. The number of nitrogens with one attached hydrogen (secondary N) is 2. The van der Waals surface area contributed by atoms with E-state index in [0.717, 1.165) is 0 Å². The number of aromatic amines is 1. The Morgan fingerprint density at radius 3 is 2.94 bits per heavy atom. The van der Waals surface area contributed by atoms with Crippen molar-refractivity contribution in [3.8, 4) is 0 Å². The van der Waals surface area contributed by atoms with Crippen molar-refractivity contribution >= 4 is 5.82 Å². The Bertz CT molecular complexity index is 415. The maximum absolute atomic E-state index is 11.2. The summed E-state index contributed by atoms with van der Waals surface area (Å²) in [6.07, 6.45) is 0.513. The van der Waals surface area contributed by atoms with E-state index in [9.17, 15) is 9.90 Å². The summed E-state index contributed by atoms with van der Waals surface area (Å²) < 4.78 is 4.91. The number of anilines is 1. The Kier molecular flexibility index (Phi) is 4.65. The minimum atomic E-state index is -0.895. The number of aromatic nitrogens is 2. The van der Waals surface area contributed by atoms with Crippen molar-refractivity contribution in [2.24, 2.45) is 0 Å². The Labute approximate surface area is 100 Å². The zero-order chi connectivity index (χ0) is 12.9. The van der Waals surface area contributed by atoms with E-state index in [-0.39, 0.29) is 5.56 Å². The van der Waals surface area contributed by atoms with Crippen LogP contribution in [0.4, 0.5) is 5.82 Å². The first kappa shape index (κ1) is 13.7. The summed E-state index contributed by atoms with van der Waals surface area (Å²) in [4.78, 5) is 17.9. The van der Waals surface area contributed by atoms with Crippen molar-refractivity contribution < 1.29 is 9.84 Å². The summed E-state index contributed by atoms with van der Waals surface area (Å²) in [6.45, 7) is 4.21. The van der Waals surface area contributed by atoms with Crippen LogP contribution in [0.5, 0.6) is 0 Å². The number of rotatable bonds is 6. The lowest BCUT2D eigenvalue weighted by molar-refractivity contribution is 0.0357.